The van der Waals surface area contributed by atoms with Gasteiger partial charge >= 0.3 is 11.9 Å². The van der Waals surface area contributed by atoms with Gasteiger partial charge in [0, 0.05) is 11.5 Å². The van der Waals surface area contributed by atoms with Gasteiger partial charge in [-0.1, -0.05) is 42.3 Å². The molecule has 28 heavy (non-hydrogen) atoms. The third-order valence-electron chi connectivity index (χ3n) is 6.65. The van der Waals surface area contributed by atoms with Crippen molar-refractivity contribution in [2.24, 2.45) is 23.2 Å². The van der Waals surface area contributed by atoms with Crippen LogP contribution in [0, 0.1) is 23.2 Å². The molecular formula is C23H26O5. The van der Waals surface area contributed by atoms with Gasteiger partial charge in [0.15, 0.2) is 11.2 Å². The minimum absolute atomic E-state index is 0.0646. The summed E-state index contributed by atoms with van der Waals surface area (Å²) in [5.74, 6) is -1.27. The summed E-state index contributed by atoms with van der Waals surface area (Å²) in [5.41, 5.74) is 1.20. The molecule has 0 bridgehead atoms. The Kier molecular flexibility index (Phi) is 4.86. The number of Topliss-reactive ketones (excluding diaryl/α,β-unsaturated/α-hetero) is 1. The summed E-state index contributed by atoms with van der Waals surface area (Å²) in [4.78, 5) is 39.5. The monoisotopic (exact) mass is 382 g/mol. The van der Waals surface area contributed by atoms with Gasteiger partial charge in [0.05, 0.1) is 13.2 Å². The fourth-order valence-corrected chi connectivity index (χ4v) is 5.66. The van der Waals surface area contributed by atoms with Gasteiger partial charge < -0.3 is 9.47 Å². The molecule has 3 aliphatic carbocycles. The number of hydrogen-bond donors (Lipinski definition) is 0. The van der Waals surface area contributed by atoms with Gasteiger partial charge in [-0.25, -0.2) is 0 Å². The van der Waals surface area contributed by atoms with Gasteiger partial charge in [0.1, 0.15) is 0 Å². The molecule has 148 valence electrons. The molecule has 0 saturated heterocycles. The lowest BCUT2D eigenvalue weighted by Crippen LogP contribution is -2.48. The summed E-state index contributed by atoms with van der Waals surface area (Å²) in [6.07, 6.45) is 2.60. The zero-order chi connectivity index (χ0) is 19.9. The number of hydrogen-bond acceptors (Lipinski definition) is 5. The summed E-state index contributed by atoms with van der Waals surface area (Å²) in [7, 11) is 0. The van der Waals surface area contributed by atoms with E-state index in [4.69, 9.17) is 9.47 Å². The van der Waals surface area contributed by atoms with Crippen LogP contribution in [-0.4, -0.2) is 30.9 Å². The highest BCUT2D eigenvalue weighted by atomic mass is 16.6. The standard InChI is InChI=1S/C23H26O5/c1-3-27-21(25)23(22(26)28-4-2)13-16-18(14-9-6-5-7-10-14)20(24)15-11-8-12-17(23)19(15)16/h5-7,9-10,15,17,19H,3-4,8,11-13H2,1-2H3. The average molecular weight is 382 g/mol. The number of ketones is 1. The number of rotatable bonds is 5. The van der Waals surface area contributed by atoms with Gasteiger partial charge in [-0.3, -0.25) is 14.4 Å². The molecule has 0 amide bonds. The Balaban J connectivity index is 1.88. The summed E-state index contributed by atoms with van der Waals surface area (Å²) in [6, 6.07) is 9.60. The number of ether oxygens (including phenoxy) is 2. The van der Waals surface area contributed by atoms with Crippen LogP contribution in [0.5, 0.6) is 0 Å². The third-order valence-corrected chi connectivity index (χ3v) is 6.65. The molecular weight excluding hydrogens is 356 g/mol. The smallest absolute Gasteiger partial charge is 0.324 e. The Morgan fingerprint density at radius 1 is 1.04 bits per heavy atom. The van der Waals surface area contributed by atoms with E-state index in [2.05, 4.69) is 0 Å². The van der Waals surface area contributed by atoms with Crippen LogP contribution in [0.2, 0.25) is 0 Å². The van der Waals surface area contributed by atoms with E-state index in [1.54, 1.807) is 13.8 Å². The van der Waals surface area contributed by atoms with Crippen LogP contribution in [0.25, 0.3) is 5.57 Å². The van der Waals surface area contributed by atoms with Gasteiger partial charge in [0.2, 0.25) is 0 Å². The van der Waals surface area contributed by atoms with Crippen molar-refractivity contribution < 1.29 is 23.9 Å². The number of carbonyl (C=O) groups excluding carboxylic acids is 3. The molecule has 0 heterocycles. The van der Waals surface area contributed by atoms with Gasteiger partial charge in [-0.05, 0) is 50.5 Å². The molecule has 0 aromatic heterocycles. The van der Waals surface area contributed by atoms with Gasteiger partial charge in [0.25, 0.3) is 0 Å². The van der Waals surface area contributed by atoms with Gasteiger partial charge in [-0.15, -0.1) is 0 Å². The lowest BCUT2D eigenvalue weighted by atomic mass is 9.65. The molecule has 3 unspecified atom stereocenters. The predicted octanol–water partition coefficient (Wildman–Crippen LogP) is 3.57. The summed E-state index contributed by atoms with van der Waals surface area (Å²) in [6.45, 7) is 3.91. The normalized spacial score (nSPS) is 27.5. The zero-order valence-electron chi connectivity index (χ0n) is 16.4. The zero-order valence-corrected chi connectivity index (χ0v) is 16.4. The molecule has 1 aromatic rings. The van der Waals surface area contributed by atoms with E-state index in [1.165, 1.54) is 0 Å². The first kappa shape index (κ1) is 18.9. The minimum Gasteiger partial charge on any atom is -0.465 e. The molecule has 0 aliphatic heterocycles. The summed E-state index contributed by atoms with van der Waals surface area (Å²) >= 11 is 0. The molecule has 5 nitrogen and oxygen atoms in total. The fraction of sp³-hybridized carbons (Fsp3) is 0.522. The Bertz CT molecular complexity index is 820. The van der Waals surface area contributed by atoms with E-state index in [0.29, 0.717) is 5.57 Å². The van der Waals surface area contributed by atoms with Crippen LogP contribution >= 0.6 is 0 Å². The number of allylic oxidation sites excluding steroid dienone is 2. The maximum Gasteiger partial charge on any atom is 0.324 e. The van der Waals surface area contributed by atoms with Crippen molar-refractivity contribution in [1.29, 1.82) is 0 Å². The van der Waals surface area contributed by atoms with E-state index in [9.17, 15) is 14.4 Å². The van der Waals surface area contributed by atoms with Crippen molar-refractivity contribution in [3.8, 4) is 0 Å². The van der Waals surface area contributed by atoms with Crippen LogP contribution in [0.1, 0.15) is 45.1 Å². The van der Waals surface area contributed by atoms with Crippen molar-refractivity contribution in [3.05, 3.63) is 41.5 Å². The largest absolute Gasteiger partial charge is 0.465 e. The fourth-order valence-electron chi connectivity index (χ4n) is 5.66. The number of esters is 2. The van der Waals surface area contributed by atoms with E-state index >= 15 is 0 Å². The lowest BCUT2D eigenvalue weighted by molar-refractivity contribution is -0.177. The van der Waals surface area contributed by atoms with Crippen molar-refractivity contribution in [2.75, 3.05) is 13.2 Å². The van der Waals surface area contributed by atoms with Crippen molar-refractivity contribution in [1.82, 2.24) is 0 Å². The highest BCUT2D eigenvalue weighted by molar-refractivity contribution is 6.26. The highest BCUT2D eigenvalue weighted by Crippen LogP contribution is 2.64. The van der Waals surface area contributed by atoms with Crippen molar-refractivity contribution in [3.63, 3.8) is 0 Å². The first-order chi connectivity index (χ1) is 13.6. The van der Waals surface area contributed by atoms with Gasteiger partial charge in [-0.2, -0.15) is 0 Å². The first-order valence-corrected chi connectivity index (χ1v) is 10.2. The second-order valence-corrected chi connectivity index (χ2v) is 7.89. The summed E-state index contributed by atoms with van der Waals surface area (Å²) in [5, 5.41) is 0. The van der Waals surface area contributed by atoms with E-state index in [-0.39, 0.29) is 43.2 Å². The second-order valence-electron chi connectivity index (χ2n) is 7.89. The molecule has 3 aliphatic rings. The minimum atomic E-state index is -1.33. The molecule has 2 fully saturated rings. The topological polar surface area (TPSA) is 69.7 Å². The maximum absolute atomic E-state index is 13.2. The summed E-state index contributed by atoms with van der Waals surface area (Å²) < 4.78 is 10.7. The van der Waals surface area contributed by atoms with Crippen LogP contribution < -0.4 is 0 Å². The molecule has 2 saturated carbocycles. The van der Waals surface area contributed by atoms with E-state index < -0.39 is 17.4 Å². The highest BCUT2D eigenvalue weighted by Gasteiger charge is 2.67. The van der Waals surface area contributed by atoms with E-state index in [0.717, 1.165) is 30.4 Å². The number of carbonyl (C=O) groups is 3. The Labute approximate surface area is 165 Å². The number of benzene rings is 1. The molecule has 1 aromatic carbocycles. The van der Waals surface area contributed by atoms with Crippen LogP contribution in [0.3, 0.4) is 0 Å². The lowest BCUT2D eigenvalue weighted by Gasteiger charge is -2.37. The Hall–Kier alpha value is -2.43. The molecule has 0 radical (unpaired) electrons. The second kappa shape index (κ2) is 7.19. The quantitative estimate of drug-likeness (QED) is 0.575. The molecule has 5 heteroatoms. The van der Waals surface area contributed by atoms with E-state index in [1.807, 2.05) is 30.3 Å². The van der Waals surface area contributed by atoms with Crippen LogP contribution in [0.4, 0.5) is 0 Å². The van der Waals surface area contributed by atoms with Crippen LogP contribution in [-0.2, 0) is 23.9 Å². The maximum atomic E-state index is 13.2. The van der Waals surface area contributed by atoms with Crippen LogP contribution in [0.15, 0.2) is 35.9 Å². The average Bonchev–Trinajstić information content (AvgIpc) is 3.19. The molecule has 0 spiro atoms. The van der Waals surface area contributed by atoms with Crippen molar-refractivity contribution in [2.45, 2.75) is 39.5 Å². The molecule has 3 atom stereocenters. The Morgan fingerprint density at radius 3 is 2.29 bits per heavy atom. The molecule has 4 rings (SSSR count). The predicted molar refractivity (Wildman–Crippen MR) is 103 cm³/mol. The first-order valence-electron chi connectivity index (χ1n) is 10.2. The Morgan fingerprint density at radius 2 is 1.68 bits per heavy atom. The third kappa shape index (κ3) is 2.55. The SMILES string of the molecule is CCOC(=O)C1(C(=O)OCC)CC2=C(c3ccccc3)C(=O)C3CCCC1C23. The molecule has 0 N–H and O–H groups in total. The van der Waals surface area contributed by atoms with Crippen molar-refractivity contribution >= 4 is 23.3 Å².